The molecule has 0 aromatic heterocycles. The Hall–Kier alpha value is -0.690. The van der Waals surface area contributed by atoms with E-state index in [4.69, 9.17) is 15.2 Å². The number of carbonyl (C=O) groups is 1. The van der Waals surface area contributed by atoms with Crippen LogP contribution in [0.15, 0.2) is 0 Å². The fourth-order valence-corrected chi connectivity index (χ4v) is 2.55. The fourth-order valence-electron chi connectivity index (χ4n) is 2.55. The molecule has 1 atom stereocenters. The highest BCUT2D eigenvalue weighted by Gasteiger charge is 2.36. The normalized spacial score (nSPS) is 25.8. The van der Waals surface area contributed by atoms with E-state index in [2.05, 4.69) is 10.2 Å². The van der Waals surface area contributed by atoms with Crippen LogP contribution in [0.5, 0.6) is 0 Å². The summed E-state index contributed by atoms with van der Waals surface area (Å²) in [7, 11) is 0. The number of hydrogen-bond donors (Lipinski definition) is 2. The Kier molecular flexibility index (Phi) is 5.15. The van der Waals surface area contributed by atoms with Gasteiger partial charge < -0.3 is 20.5 Å². The smallest absolute Gasteiger partial charge is 0.240 e. The quantitative estimate of drug-likeness (QED) is 0.709. The Labute approximate surface area is 114 Å². The highest BCUT2D eigenvalue weighted by atomic mass is 16.5. The van der Waals surface area contributed by atoms with Crippen molar-refractivity contribution in [2.24, 2.45) is 5.73 Å². The minimum Gasteiger partial charge on any atom is -0.381 e. The SMILES string of the molecule is CC(CN1CCOCC1)NC(=O)C1(N)CCOCC1. The van der Waals surface area contributed by atoms with Crippen molar-refractivity contribution in [2.45, 2.75) is 31.3 Å². The summed E-state index contributed by atoms with van der Waals surface area (Å²) in [6, 6.07) is 0.105. The number of hydrogen-bond acceptors (Lipinski definition) is 5. The van der Waals surface area contributed by atoms with Gasteiger partial charge in [0.15, 0.2) is 0 Å². The lowest BCUT2D eigenvalue weighted by Crippen LogP contribution is -2.59. The van der Waals surface area contributed by atoms with E-state index in [0.717, 1.165) is 32.8 Å². The van der Waals surface area contributed by atoms with Crippen LogP contribution >= 0.6 is 0 Å². The molecule has 2 fully saturated rings. The third-order valence-electron chi connectivity index (χ3n) is 3.85. The zero-order valence-corrected chi connectivity index (χ0v) is 11.7. The largest absolute Gasteiger partial charge is 0.381 e. The van der Waals surface area contributed by atoms with Crippen molar-refractivity contribution in [3.8, 4) is 0 Å². The molecule has 0 radical (unpaired) electrons. The number of nitrogens with one attached hydrogen (secondary N) is 1. The van der Waals surface area contributed by atoms with E-state index < -0.39 is 5.54 Å². The maximum atomic E-state index is 12.2. The molecule has 0 aromatic rings. The molecular weight excluding hydrogens is 246 g/mol. The van der Waals surface area contributed by atoms with Crippen molar-refractivity contribution in [1.82, 2.24) is 10.2 Å². The summed E-state index contributed by atoms with van der Waals surface area (Å²) < 4.78 is 10.6. The summed E-state index contributed by atoms with van der Waals surface area (Å²) in [5.41, 5.74) is 5.41. The van der Waals surface area contributed by atoms with Crippen LogP contribution in [0.3, 0.4) is 0 Å². The predicted octanol–water partition coefficient (Wildman–Crippen LogP) is -0.669. The van der Waals surface area contributed by atoms with Gasteiger partial charge in [0.1, 0.15) is 0 Å². The van der Waals surface area contributed by atoms with Gasteiger partial charge in [0.05, 0.1) is 18.8 Å². The number of nitrogens with zero attached hydrogens (tertiary/aromatic N) is 1. The van der Waals surface area contributed by atoms with Crippen LogP contribution in [-0.4, -0.2) is 68.4 Å². The van der Waals surface area contributed by atoms with E-state index in [-0.39, 0.29) is 11.9 Å². The first-order valence-electron chi connectivity index (χ1n) is 7.08. The zero-order chi connectivity index (χ0) is 13.7. The van der Waals surface area contributed by atoms with Gasteiger partial charge in [-0.15, -0.1) is 0 Å². The summed E-state index contributed by atoms with van der Waals surface area (Å²) in [5.74, 6) is -0.0449. The highest BCUT2D eigenvalue weighted by molar-refractivity contribution is 5.86. The Bertz CT molecular complexity index is 300. The van der Waals surface area contributed by atoms with Gasteiger partial charge in [-0.25, -0.2) is 0 Å². The molecule has 0 spiro atoms. The average Bonchev–Trinajstić information content (AvgIpc) is 2.40. The van der Waals surface area contributed by atoms with Gasteiger partial charge >= 0.3 is 0 Å². The molecule has 2 aliphatic heterocycles. The maximum absolute atomic E-state index is 12.2. The van der Waals surface area contributed by atoms with E-state index >= 15 is 0 Å². The van der Waals surface area contributed by atoms with E-state index in [1.807, 2.05) is 6.92 Å². The molecule has 6 heteroatoms. The Morgan fingerprint density at radius 3 is 2.47 bits per heavy atom. The van der Waals surface area contributed by atoms with Crippen LogP contribution < -0.4 is 11.1 Å². The number of amides is 1. The van der Waals surface area contributed by atoms with Crippen LogP contribution in [0.1, 0.15) is 19.8 Å². The number of ether oxygens (including phenoxy) is 2. The molecule has 2 aliphatic rings. The molecule has 0 aliphatic carbocycles. The van der Waals surface area contributed by atoms with Gasteiger partial charge in [-0.3, -0.25) is 9.69 Å². The number of nitrogens with two attached hydrogens (primary N) is 1. The molecule has 0 bridgehead atoms. The van der Waals surface area contributed by atoms with Gasteiger partial charge in [0.2, 0.25) is 5.91 Å². The van der Waals surface area contributed by atoms with Crippen LogP contribution in [0.2, 0.25) is 0 Å². The van der Waals surface area contributed by atoms with Crippen molar-refractivity contribution >= 4 is 5.91 Å². The molecule has 110 valence electrons. The first-order valence-corrected chi connectivity index (χ1v) is 7.08. The zero-order valence-electron chi connectivity index (χ0n) is 11.7. The second kappa shape index (κ2) is 6.65. The standard InChI is InChI=1S/C13H25N3O3/c1-11(10-16-4-8-19-9-5-16)15-12(17)13(14)2-6-18-7-3-13/h11H,2-10,14H2,1H3,(H,15,17). The predicted molar refractivity (Wildman–Crippen MR) is 71.8 cm³/mol. The van der Waals surface area contributed by atoms with Gasteiger partial charge in [-0.1, -0.05) is 0 Å². The van der Waals surface area contributed by atoms with E-state index in [1.165, 1.54) is 0 Å². The van der Waals surface area contributed by atoms with Crippen molar-refractivity contribution in [3.63, 3.8) is 0 Å². The van der Waals surface area contributed by atoms with E-state index in [0.29, 0.717) is 26.1 Å². The van der Waals surface area contributed by atoms with Crippen LogP contribution in [0.25, 0.3) is 0 Å². The summed E-state index contributed by atoms with van der Waals surface area (Å²) in [5, 5.41) is 3.04. The lowest BCUT2D eigenvalue weighted by Gasteiger charge is -2.34. The third-order valence-corrected chi connectivity index (χ3v) is 3.85. The minimum absolute atomic E-state index is 0.0449. The Balaban J connectivity index is 1.77. The second-order valence-corrected chi connectivity index (χ2v) is 5.56. The summed E-state index contributed by atoms with van der Waals surface area (Å²) in [6.07, 6.45) is 1.20. The third kappa shape index (κ3) is 4.14. The fraction of sp³-hybridized carbons (Fsp3) is 0.923. The maximum Gasteiger partial charge on any atom is 0.240 e. The van der Waals surface area contributed by atoms with Gasteiger partial charge in [0, 0.05) is 38.9 Å². The lowest BCUT2D eigenvalue weighted by atomic mass is 9.90. The summed E-state index contributed by atoms with van der Waals surface area (Å²) >= 11 is 0. The van der Waals surface area contributed by atoms with Gasteiger partial charge in [0.25, 0.3) is 0 Å². The number of morpholine rings is 1. The van der Waals surface area contributed by atoms with Gasteiger partial charge in [-0.05, 0) is 19.8 Å². The molecule has 1 amide bonds. The minimum atomic E-state index is -0.752. The summed E-state index contributed by atoms with van der Waals surface area (Å²) in [6.45, 7) is 7.43. The van der Waals surface area contributed by atoms with Crippen LogP contribution in [-0.2, 0) is 14.3 Å². The molecule has 0 saturated carbocycles. The molecule has 2 heterocycles. The van der Waals surface area contributed by atoms with Gasteiger partial charge in [-0.2, -0.15) is 0 Å². The van der Waals surface area contributed by atoms with Crippen molar-refractivity contribution < 1.29 is 14.3 Å². The first-order chi connectivity index (χ1) is 9.10. The topological polar surface area (TPSA) is 76.8 Å². The van der Waals surface area contributed by atoms with Crippen molar-refractivity contribution in [2.75, 3.05) is 46.1 Å². The van der Waals surface area contributed by atoms with Crippen molar-refractivity contribution in [1.29, 1.82) is 0 Å². The number of carbonyl (C=O) groups excluding carboxylic acids is 1. The Morgan fingerprint density at radius 1 is 1.26 bits per heavy atom. The molecule has 3 N–H and O–H groups in total. The van der Waals surface area contributed by atoms with E-state index in [1.54, 1.807) is 0 Å². The lowest BCUT2D eigenvalue weighted by molar-refractivity contribution is -0.130. The Morgan fingerprint density at radius 2 is 1.84 bits per heavy atom. The van der Waals surface area contributed by atoms with Crippen molar-refractivity contribution in [3.05, 3.63) is 0 Å². The molecule has 2 saturated heterocycles. The molecule has 1 unspecified atom stereocenters. The summed E-state index contributed by atoms with van der Waals surface area (Å²) in [4.78, 5) is 14.5. The van der Waals surface area contributed by atoms with Crippen LogP contribution in [0.4, 0.5) is 0 Å². The molecule has 19 heavy (non-hydrogen) atoms. The molecule has 6 nitrogen and oxygen atoms in total. The second-order valence-electron chi connectivity index (χ2n) is 5.56. The molecule has 2 rings (SSSR count). The number of rotatable bonds is 4. The molecular formula is C13H25N3O3. The first kappa shape index (κ1) is 14.7. The molecule has 0 aromatic carbocycles. The average molecular weight is 271 g/mol. The highest BCUT2D eigenvalue weighted by Crippen LogP contribution is 2.17. The van der Waals surface area contributed by atoms with Crippen LogP contribution in [0, 0.1) is 0 Å². The van der Waals surface area contributed by atoms with E-state index in [9.17, 15) is 4.79 Å². The monoisotopic (exact) mass is 271 g/mol.